The van der Waals surface area contributed by atoms with Crippen molar-refractivity contribution in [3.8, 4) is 5.69 Å². The molecule has 0 saturated carbocycles. The van der Waals surface area contributed by atoms with E-state index in [9.17, 15) is 14.4 Å². The van der Waals surface area contributed by atoms with Crippen LogP contribution in [0, 0.1) is 13.8 Å². The Bertz CT molecular complexity index is 1190. The summed E-state index contributed by atoms with van der Waals surface area (Å²) in [4.78, 5) is 37.4. The van der Waals surface area contributed by atoms with Crippen LogP contribution in [-0.2, 0) is 22.6 Å². The van der Waals surface area contributed by atoms with Crippen LogP contribution in [0.1, 0.15) is 22.5 Å². The van der Waals surface area contributed by atoms with Crippen molar-refractivity contribution in [1.82, 2.24) is 20.0 Å². The summed E-state index contributed by atoms with van der Waals surface area (Å²) in [7, 11) is 0. The molecular formula is C23H22ClN5O3. The lowest BCUT2D eigenvalue weighted by Crippen LogP contribution is -2.30. The van der Waals surface area contributed by atoms with Gasteiger partial charge in [0.05, 0.1) is 30.9 Å². The molecule has 2 heterocycles. The molecule has 1 aromatic heterocycles. The molecule has 0 bridgehead atoms. The number of aryl methyl sites for hydroxylation is 1. The van der Waals surface area contributed by atoms with Gasteiger partial charge in [-0.25, -0.2) is 9.48 Å². The van der Waals surface area contributed by atoms with Gasteiger partial charge in [-0.1, -0.05) is 23.7 Å². The molecule has 32 heavy (non-hydrogen) atoms. The smallest absolute Gasteiger partial charge is 0.324 e. The molecule has 0 radical (unpaired) electrons. The summed E-state index contributed by atoms with van der Waals surface area (Å²) < 4.78 is 1.80. The van der Waals surface area contributed by atoms with E-state index in [1.165, 1.54) is 0 Å². The van der Waals surface area contributed by atoms with Gasteiger partial charge in [-0.05, 0) is 55.8 Å². The minimum atomic E-state index is -0.409. The predicted molar refractivity (Wildman–Crippen MR) is 121 cm³/mol. The zero-order valence-corrected chi connectivity index (χ0v) is 18.4. The van der Waals surface area contributed by atoms with Crippen LogP contribution >= 0.6 is 11.6 Å². The number of benzene rings is 2. The molecule has 1 fully saturated rings. The third kappa shape index (κ3) is 4.50. The van der Waals surface area contributed by atoms with E-state index in [0.29, 0.717) is 10.7 Å². The van der Waals surface area contributed by atoms with Crippen LogP contribution in [-0.4, -0.2) is 39.1 Å². The maximum atomic E-state index is 12.7. The first-order valence-corrected chi connectivity index (χ1v) is 10.5. The lowest BCUT2D eigenvalue weighted by atomic mass is 10.1. The van der Waals surface area contributed by atoms with Crippen LogP contribution in [0.25, 0.3) is 5.69 Å². The van der Waals surface area contributed by atoms with E-state index >= 15 is 0 Å². The second-order valence-corrected chi connectivity index (χ2v) is 8.04. The van der Waals surface area contributed by atoms with Crippen molar-refractivity contribution in [2.24, 2.45) is 0 Å². The molecule has 4 amide bonds. The number of urea groups is 1. The quantitative estimate of drug-likeness (QED) is 0.561. The molecule has 8 nitrogen and oxygen atoms in total. The van der Waals surface area contributed by atoms with Crippen LogP contribution in [0.4, 0.5) is 10.5 Å². The molecule has 9 heteroatoms. The maximum absolute atomic E-state index is 12.7. The number of carbonyl (C=O) groups is 3. The first kappa shape index (κ1) is 21.6. The molecule has 0 aliphatic carbocycles. The second kappa shape index (κ2) is 8.84. The number of imide groups is 1. The molecule has 1 aliphatic rings. The van der Waals surface area contributed by atoms with Crippen LogP contribution in [0.3, 0.4) is 0 Å². The van der Waals surface area contributed by atoms with E-state index in [-0.39, 0.29) is 31.3 Å². The number of amides is 4. The number of nitrogens with zero attached hydrogens (tertiary/aromatic N) is 3. The normalized spacial score (nSPS) is 13.4. The summed E-state index contributed by atoms with van der Waals surface area (Å²) >= 11 is 5.97. The van der Waals surface area contributed by atoms with Crippen LogP contribution < -0.4 is 10.6 Å². The Kier molecular flexibility index (Phi) is 5.96. The average molecular weight is 452 g/mol. The number of hydrogen-bond donors (Lipinski definition) is 2. The van der Waals surface area contributed by atoms with E-state index in [1.807, 2.05) is 26.0 Å². The molecule has 1 saturated heterocycles. The van der Waals surface area contributed by atoms with Crippen molar-refractivity contribution in [2.75, 3.05) is 11.9 Å². The molecule has 2 aromatic carbocycles. The van der Waals surface area contributed by atoms with Gasteiger partial charge >= 0.3 is 6.03 Å². The van der Waals surface area contributed by atoms with Gasteiger partial charge in [-0.15, -0.1) is 0 Å². The van der Waals surface area contributed by atoms with E-state index in [2.05, 4.69) is 15.7 Å². The van der Waals surface area contributed by atoms with Crippen molar-refractivity contribution in [3.05, 3.63) is 76.1 Å². The summed E-state index contributed by atoms with van der Waals surface area (Å²) in [5.41, 5.74) is 4.73. The number of halogens is 1. The highest BCUT2D eigenvalue weighted by atomic mass is 35.5. The van der Waals surface area contributed by atoms with Crippen molar-refractivity contribution in [1.29, 1.82) is 0 Å². The maximum Gasteiger partial charge on any atom is 0.324 e. The Balaban J connectivity index is 1.46. The number of anilines is 1. The van der Waals surface area contributed by atoms with Crippen molar-refractivity contribution in [2.45, 2.75) is 26.8 Å². The van der Waals surface area contributed by atoms with Gasteiger partial charge in [0.15, 0.2) is 0 Å². The Morgan fingerprint density at radius 3 is 2.59 bits per heavy atom. The Hall–Kier alpha value is -3.65. The largest absolute Gasteiger partial charge is 0.329 e. The van der Waals surface area contributed by atoms with Gasteiger partial charge in [-0.2, -0.15) is 5.10 Å². The average Bonchev–Trinajstić information content (AvgIpc) is 3.22. The summed E-state index contributed by atoms with van der Waals surface area (Å²) in [5, 5.41) is 10.6. The summed E-state index contributed by atoms with van der Waals surface area (Å²) in [5.74, 6) is -0.452. The number of carbonyl (C=O) groups excluding carboxylic acids is 3. The van der Waals surface area contributed by atoms with Gasteiger partial charge in [0, 0.05) is 22.0 Å². The molecule has 164 valence electrons. The first-order chi connectivity index (χ1) is 15.3. The highest BCUT2D eigenvalue weighted by Crippen LogP contribution is 2.21. The molecule has 2 N–H and O–H groups in total. The van der Waals surface area contributed by atoms with Gasteiger partial charge < -0.3 is 10.6 Å². The number of hydrogen-bond acceptors (Lipinski definition) is 4. The van der Waals surface area contributed by atoms with Crippen LogP contribution in [0.15, 0.2) is 48.5 Å². The van der Waals surface area contributed by atoms with Gasteiger partial charge in [-0.3, -0.25) is 14.5 Å². The fourth-order valence-electron chi connectivity index (χ4n) is 3.68. The second-order valence-electron chi connectivity index (χ2n) is 7.60. The zero-order chi connectivity index (χ0) is 22.8. The fourth-order valence-corrected chi connectivity index (χ4v) is 3.80. The molecular weight excluding hydrogens is 430 g/mol. The molecule has 3 aromatic rings. The minimum Gasteiger partial charge on any atom is -0.329 e. The predicted octanol–water partition coefficient (Wildman–Crippen LogP) is 3.38. The standard InChI is InChI=1S/C23H22ClN5O3/c1-14-20(15(2)29(27-14)19-8-6-17(24)7-9-19)11-21(30)26-18-5-3-4-16(10-18)13-28-22(31)12-25-23(28)32/h3-10H,11-13H2,1-2H3,(H,25,32)(H,26,30). The molecule has 0 spiro atoms. The first-order valence-electron chi connectivity index (χ1n) is 10.1. The molecule has 1 aliphatic heterocycles. The lowest BCUT2D eigenvalue weighted by Gasteiger charge is -2.13. The van der Waals surface area contributed by atoms with Crippen LogP contribution in [0.5, 0.6) is 0 Å². The Labute approximate surface area is 190 Å². The molecule has 4 rings (SSSR count). The Morgan fingerprint density at radius 2 is 1.91 bits per heavy atom. The van der Waals surface area contributed by atoms with Gasteiger partial charge in [0.2, 0.25) is 11.8 Å². The van der Waals surface area contributed by atoms with Crippen molar-refractivity contribution in [3.63, 3.8) is 0 Å². The minimum absolute atomic E-state index is 0.0116. The fraction of sp³-hybridized carbons (Fsp3) is 0.217. The van der Waals surface area contributed by atoms with Gasteiger partial charge in [0.1, 0.15) is 0 Å². The number of aromatic nitrogens is 2. The number of rotatable bonds is 6. The molecule has 0 unspecified atom stereocenters. The van der Waals surface area contributed by atoms with Crippen molar-refractivity contribution < 1.29 is 14.4 Å². The monoisotopic (exact) mass is 451 g/mol. The highest BCUT2D eigenvalue weighted by molar-refractivity contribution is 6.30. The van der Waals surface area contributed by atoms with E-state index in [1.54, 1.807) is 41.1 Å². The lowest BCUT2D eigenvalue weighted by molar-refractivity contribution is -0.125. The topological polar surface area (TPSA) is 96.3 Å². The Morgan fingerprint density at radius 1 is 1.16 bits per heavy atom. The zero-order valence-electron chi connectivity index (χ0n) is 17.7. The third-order valence-electron chi connectivity index (χ3n) is 5.34. The van der Waals surface area contributed by atoms with E-state index < -0.39 is 6.03 Å². The third-order valence-corrected chi connectivity index (χ3v) is 5.59. The van der Waals surface area contributed by atoms with Crippen molar-refractivity contribution >= 4 is 35.1 Å². The highest BCUT2D eigenvalue weighted by Gasteiger charge is 2.28. The summed E-state index contributed by atoms with van der Waals surface area (Å²) in [6.45, 7) is 3.97. The van der Waals surface area contributed by atoms with E-state index in [4.69, 9.17) is 11.6 Å². The van der Waals surface area contributed by atoms with E-state index in [0.717, 1.165) is 33.1 Å². The van der Waals surface area contributed by atoms with Crippen LogP contribution in [0.2, 0.25) is 5.02 Å². The number of nitrogens with one attached hydrogen (secondary N) is 2. The summed E-state index contributed by atoms with van der Waals surface area (Å²) in [6, 6.07) is 14.0. The summed E-state index contributed by atoms with van der Waals surface area (Å²) in [6.07, 6.45) is 0.169. The SMILES string of the molecule is Cc1nn(-c2ccc(Cl)cc2)c(C)c1CC(=O)Nc1cccc(CN2C(=O)CNC2=O)c1. The molecule has 0 atom stereocenters. The van der Waals surface area contributed by atoms with Gasteiger partial charge in [0.25, 0.3) is 0 Å².